The Morgan fingerprint density at radius 2 is 2.06 bits per heavy atom. The van der Waals surface area contributed by atoms with E-state index in [9.17, 15) is 0 Å². The van der Waals surface area contributed by atoms with Crippen LogP contribution in [0.1, 0.15) is 53.4 Å². The molecule has 3 atom stereocenters. The molecule has 3 unspecified atom stereocenters. The summed E-state index contributed by atoms with van der Waals surface area (Å²) in [6.07, 6.45) is 5.56. The third-order valence-corrected chi connectivity index (χ3v) is 4.98. The number of rotatable bonds is 4. The molecule has 0 aromatic carbocycles. The van der Waals surface area contributed by atoms with Gasteiger partial charge in [0.05, 0.1) is 0 Å². The third kappa shape index (κ3) is 3.71. The summed E-state index contributed by atoms with van der Waals surface area (Å²) < 4.78 is 0. The van der Waals surface area contributed by atoms with Crippen LogP contribution in [0.15, 0.2) is 0 Å². The highest BCUT2D eigenvalue weighted by Gasteiger charge is 2.35. The first-order valence-corrected chi connectivity index (χ1v) is 7.96. The van der Waals surface area contributed by atoms with Gasteiger partial charge in [-0.05, 0) is 56.0 Å². The van der Waals surface area contributed by atoms with Gasteiger partial charge in [0.1, 0.15) is 0 Å². The maximum atomic E-state index is 3.73. The maximum absolute atomic E-state index is 3.73. The van der Waals surface area contributed by atoms with Gasteiger partial charge in [-0.15, -0.1) is 0 Å². The van der Waals surface area contributed by atoms with Crippen molar-refractivity contribution in [3.8, 4) is 0 Å². The molecule has 1 saturated carbocycles. The standard InChI is InChI=1S/C16H32N2/c1-5-17-15-6-8-16(3,4)10-14(15)12-18-9-7-13(2)11-18/h13-15,17H,5-12H2,1-4H3. The summed E-state index contributed by atoms with van der Waals surface area (Å²) in [5.74, 6) is 1.78. The molecule has 1 aliphatic heterocycles. The van der Waals surface area contributed by atoms with E-state index in [0.717, 1.165) is 24.4 Å². The van der Waals surface area contributed by atoms with Gasteiger partial charge < -0.3 is 10.2 Å². The average Bonchev–Trinajstić information content (AvgIpc) is 2.68. The van der Waals surface area contributed by atoms with Gasteiger partial charge in [0.25, 0.3) is 0 Å². The van der Waals surface area contributed by atoms with Gasteiger partial charge in [0, 0.05) is 19.1 Å². The number of likely N-dealkylation sites (tertiary alicyclic amines) is 1. The van der Waals surface area contributed by atoms with E-state index in [4.69, 9.17) is 0 Å². The minimum Gasteiger partial charge on any atom is -0.314 e. The fourth-order valence-corrected chi connectivity index (χ4v) is 3.98. The summed E-state index contributed by atoms with van der Waals surface area (Å²) in [7, 11) is 0. The predicted octanol–water partition coefficient (Wildman–Crippen LogP) is 3.13. The van der Waals surface area contributed by atoms with Crippen molar-refractivity contribution in [2.24, 2.45) is 17.3 Å². The molecule has 0 spiro atoms. The highest BCUT2D eigenvalue weighted by molar-refractivity contribution is 4.91. The molecule has 0 aromatic rings. The fourth-order valence-electron chi connectivity index (χ4n) is 3.98. The molecule has 2 nitrogen and oxygen atoms in total. The maximum Gasteiger partial charge on any atom is 0.0108 e. The van der Waals surface area contributed by atoms with Gasteiger partial charge in [-0.1, -0.05) is 27.7 Å². The molecular formula is C16H32N2. The molecule has 2 rings (SSSR count). The van der Waals surface area contributed by atoms with Crippen molar-refractivity contribution < 1.29 is 0 Å². The summed E-state index contributed by atoms with van der Waals surface area (Å²) in [5, 5.41) is 3.73. The van der Waals surface area contributed by atoms with Crippen LogP contribution in [-0.2, 0) is 0 Å². The molecule has 1 heterocycles. The number of hydrogen-bond donors (Lipinski definition) is 1. The molecule has 0 amide bonds. The van der Waals surface area contributed by atoms with E-state index >= 15 is 0 Å². The minimum atomic E-state index is 0.557. The summed E-state index contributed by atoms with van der Waals surface area (Å²) >= 11 is 0. The predicted molar refractivity (Wildman–Crippen MR) is 78.8 cm³/mol. The fraction of sp³-hybridized carbons (Fsp3) is 1.00. The van der Waals surface area contributed by atoms with Crippen molar-refractivity contribution in [1.82, 2.24) is 10.2 Å². The molecular weight excluding hydrogens is 220 g/mol. The zero-order valence-corrected chi connectivity index (χ0v) is 12.8. The van der Waals surface area contributed by atoms with Gasteiger partial charge in [0.2, 0.25) is 0 Å². The number of nitrogens with zero attached hydrogens (tertiary/aromatic N) is 1. The van der Waals surface area contributed by atoms with E-state index in [1.165, 1.54) is 45.3 Å². The van der Waals surface area contributed by atoms with E-state index < -0.39 is 0 Å². The Labute approximate surface area is 114 Å². The van der Waals surface area contributed by atoms with Crippen LogP contribution in [-0.4, -0.2) is 37.1 Å². The minimum absolute atomic E-state index is 0.557. The zero-order valence-electron chi connectivity index (χ0n) is 12.8. The highest BCUT2D eigenvalue weighted by atomic mass is 15.1. The summed E-state index contributed by atoms with van der Waals surface area (Å²) in [6, 6.07) is 0.763. The molecule has 0 aromatic heterocycles. The summed E-state index contributed by atoms with van der Waals surface area (Å²) in [4.78, 5) is 2.71. The molecule has 18 heavy (non-hydrogen) atoms. The van der Waals surface area contributed by atoms with Crippen LogP contribution < -0.4 is 5.32 Å². The highest BCUT2D eigenvalue weighted by Crippen LogP contribution is 2.39. The first-order valence-electron chi connectivity index (χ1n) is 7.96. The lowest BCUT2D eigenvalue weighted by atomic mass is 9.69. The topological polar surface area (TPSA) is 15.3 Å². The van der Waals surface area contributed by atoms with Crippen molar-refractivity contribution in [2.75, 3.05) is 26.2 Å². The Morgan fingerprint density at radius 3 is 2.67 bits per heavy atom. The quantitative estimate of drug-likeness (QED) is 0.827. The van der Waals surface area contributed by atoms with Crippen LogP contribution in [0.3, 0.4) is 0 Å². The average molecular weight is 252 g/mol. The van der Waals surface area contributed by atoms with Crippen molar-refractivity contribution in [1.29, 1.82) is 0 Å². The monoisotopic (exact) mass is 252 g/mol. The number of nitrogens with one attached hydrogen (secondary N) is 1. The van der Waals surface area contributed by atoms with Crippen LogP contribution in [0.5, 0.6) is 0 Å². The van der Waals surface area contributed by atoms with Crippen LogP contribution in [0, 0.1) is 17.3 Å². The molecule has 2 heteroatoms. The zero-order chi connectivity index (χ0) is 13.2. The van der Waals surface area contributed by atoms with Gasteiger partial charge in [-0.25, -0.2) is 0 Å². The molecule has 2 aliphatic rings. The molecule has 0 bridgehead atoms. The Kier molecular flexibility index (Phi) is 4.71. The molecule has 1 aliphatic carbocycles. The first kappa shape index (κ1) is 14.3. The van der Waals surface area contributed by atoms with Crippen LogP contribution >= 0.6 is 0 Å². The molecule has 106 valence electrons. The lowest BCUT2D eigenvalue weighted by Crippen LogP contribution is -2.47. The lowest BCUT2D eigenvalue weighted by molar-refractivity contribution is 0.108. The normalized spacial score (nSPS) is 37.0. The van der Waals surface area contributed by atoms with E-state index in [0.29, 0.717) is 5.41 Å². The Morgan fingerprint density at radius 1 is 1.28 bits per heavy atom. The van der Waals surface area contributed by atoms with E-state index in [1.807, 2.05) is 0 Å². The SMILES string of the molecule is CCNC1CCC(C)(C)CC1CN1CCC(C)C1. The van der Waals surface area contributed by atoms with Gasteiger partial charge >= 0.3 is 0 Å². The van der Waals surface area contributed by atoms with Crippen LogP contribution in [0.2, 0.25) is 0 Å². The van der Waals surface area contributed by atoms with E-state index in [1.54, 1.807) is 0 Å². The van der Waals surface area contributed by atoms with E-state index in [2.05, 4.69) is 37.9 Å². The smallest absolute Gasteiger partial charge is 0.0108 e. The Balaban J connectivity index is 1.92. The van der Waals surface area contributed by atoms with Gasteiger partial charge in [-0.3, -0.25) is 0 Å². The summed E-state index contributed by atoms with van der Waals surface area (Å²) in [5.41, 5.74) is 0.557. The van der Waals surface area contributed by atoms with Crippen LogP contribution in [0.25, 0.3) is 0 Å². The van der Waals surface area contributed by atoms with Crippen molar-refractivity contribution in [2.45, 2.75) is 59.4 Å². The molecule has 2 fully saturated rings. The lowest BCUT2D eigenvalue weighted by Gasteiger charge is -2.42. The second-order valence-corrected chi connectivity index (χ2v) is 7.48. The summed E-state index contributed by atoms with van der Waals surface area (Å²) in [6.45, 7) is 14.7. The third-order valence-electron chi connectivity index (χ3n) is 4.98. The Bertz CT molecular complexity index is 262. The molecule has 1 saturated heterocycles. The molecule has 0 radical (unpaired) electrons. The first-order chi connectivity index (χ1) is 8.50. The van der Waals surface area contributed by atoms with E-state index in [-0.39, 0.29) is 0 Å². The largest absolute Gasteiger partial charge is 0.314 e. The van der Waals surface area contributed by atoms with Crippen molar-refractivity contribution in [3.05, 3.63) is 0 Å². The van der Waals surface area contributed by atoms with Crippen LogP contribution in [0.4, 0.5) is 0 Å². The van der Waals surface area contributed by atoms with Crippen molar-refractivity contribution >= 4 is 0 Å². The molecule has 1 N–H and O–H groups in total. The Hall–Kier alpha value is -0.0800. The second kappa shape index (κ2) is 5.92. The van der Waals surface area contributed by atoms with Crippen molar-refractivity contribution in [3.63, 3.8) is 0 Å². The van der Waals surface area contributed by atoms with Gasteiger partial charge in [-0.2, -0.15) is 0 Å². The number of hydrogen-bond acceptors (Lipinski definition) is 2. The van der Waals surface area contributed by atoms with Gasteiger partial charge in [0.15, 0.2) is 0 Å². The second-order valence-electron chi connectivity index (χ2n) is 7.48.